The predicted octanol–water partition coefficient (Wildman–Crippen LogP) is 2.10. The number of sulfone groups is 1. The molecule has 9 heteroatoms. The lowest BCUT2D eigenvalue weighted by Crippen LogP contribution is -2.31. The molecule has 29 heavy (non-hydrogen) atoms. The molecule has 0 aliphatic carbocycles. The van der Waals surface area contributed by atoms with Gasteiger partial charge in [0.2, 0.25) is 0 Å². The van der Waals surface area contributed by atoms with E-state index in [1.807, 2.05) is 13.8 Å². The zero-order chi connectivity index (χ0) is 21.6. The summed E-state index contributed by atoms with van der Waals surface area (Å²) >= 11 is 0. The maximum Gasteiger partial charge on any atom is 0.274 e. The monoisotopic (exact) mass is 423 g/mol. The van der Waals surface area contributed by atoms with Crippen molar-refractivity contribution in [1.29, 1.82) is 0 Å². The smallest absolute Gasteiger partial charge is 0.274 e. The maximum atomic E-state index is 12.9. The number of aromatic nitrogens is 2. The van der Waals surface area contributed by atoms with Crippen LogP contribution >= 0.6 is 0 Å². The third-order valence-electron chi connectivity index (χ3n) is 4.71. The van der Waals surface area contributed by atoms with Crippen molar-refractivity contribution in [2.45, 2.75) is 37.8 Å². The van der Waals surface area contributed by atoms with E-state index in [0.717, 1.165) is 16.8 Å². The summed E-state index contributed by atoms with van der Waals surface area (Å²) in [6.45, 7) is 4.80. The van der Waals surface area contributed by atoms with Crippen LogP contribution in [0.1, 0.15) is 29.3 Å². The van der Waals surface area contributed by atoms with E-state index in [4.69, 9.17) is 9.47 Å². The molecule has 0 bridgehead atoms. The molecule has 0 fully saturated rings. The van der Waals surface area contributed by atoms with Crippen molar-refractivity contribution in [2.75, 3.05) is 39.0 Å². The fraction of sp³-hybridized carbons (Fsp3) is 0.500. The van der Waals surface area contributed by atoms with Crippen molar-refractivity contribution in [1.82, 2.24) is 9.55 Å². The summed E-state index contributed by atoms with van der Waals surface area (Å²) < 4.78 is 35.6. The molecule has 1 unspecified atom stereocenters. The Hall–Kier alpha value is -2.23. The number of hydrogen-bond donors (Lipinski definition) is 1. The van der Waals surface area contributed by atoms with Crippen molar-refractivity contribution in [2.24, 2.45) is 0 Å². The molecule has 0 aliphatic heterocycles. The molecule has 1 aromatic heterocycles. The van der Waals surface area contributed by atoms with Gasteiger partial charge in [-0.25, -0.2) is 8.42 Å². The number of aryl methyl sites for hydroxylation is 2. The molecule has 0 aliphatic rings. The van der Waals surface area contributed by atoms with Crippen LogP contribution in [0.2, 0.25) is 0 Å². The Kier molecular flexibility index (Phi) is 7.95. The van der Waals surface area contributed by atoms with Crippen molar-refractivity contribution < 1.29 is 17.9 Å². The SMILES string of the molecule is COCCC(COC)n1ccnc(CNc2c(C)cc(S(C)(=O)=O)cc2C)c1=O. The number of rotatable bonds is 10. The summed E-state index contributed by atoms with van der Waals surface area (Å²) in [6, 6.07) is 3.10. The lowest BCUT2D eigenvalue weighted by molar-refractivity contribution is 0.119. The zero-order valence-electron chi connectivity index (χ0n) is 17.6. The number of hydrogen-bond acceptors (Lipinski definition) is 7. The fourth-order valence-corrected chi connectivity index (χ4v) is 4.00. The number of benzene rings is 1. The van der Waals surface area contributed by atoms with Gasteiger partial charge in [-0.05, 0) is 43.5 Å². The molecule has 0 saturated heterocycles. The highest BCUT2D eigenvalue weighted by molar-refractivity contribution is 7.90. The molecule has 160 valence electrons. The van der Waals surface area contributed by atoms with Gasteiger partial charge in [0.15, 0.2) is 9.84 Å². The largest absolute Gasteiger partial charge is 0.385 e. The van der Waals surface area contributed by atoms with Crippen molar-refractivity contribution in [3.8, 4) is 0 Å². The van der Waals surface area contributed by atoms with Crippen molar-refractivity contribution in [3.05, 3.63) is 51.7 Å². The Morgan fingerprint density at radius 1 is 1.17 bits per heavy atom. The van der Waals surface area contributed by atoms with E-state index in [2.05, 4.69) is 10.3 Å². The van der Waals surface area contributed by atoms with Gasteiger partial charge in [-0.1, -0.05) is 0 Å². The van der Waals surface area contributed by atoms with E-state index in [9.17, 15) is 13.2 Å². The van der Waals surface area contributed by atoms with Crippen LogP contribution in [0.15, 0.2) is 34.2 Å². The summed E-state index contributed by atoms with van der Waals surface area (Å²) in [5.41, 5.74) is 2.55. The number of nitrogens with zero attached hydrogens (tertiary/aromatic N) is 2. The van der Waals surface area contributed by atoms with Gasteiger partial charge in [0.25, 0.3) is 5.56 Å². The van der Waals surface area contributed by atoms with Crippen molar-refractivity contribution >= 4 is 15.5 Å². The van der Waals surface area contributed by atoms with Gasteiger partial charge < -0.3 is 19.4 Å². The van der Waals surface area contributed by atoms with E-state index in [1.54, 1.807) is 43.3 Å². The maximum absolute atomic E-state index is 12.9. The summed E-state index contributed by atoms with van der Waals surface area (Å²) in [5.74, 6) is 0. The van der Waals surface area contributed by atoms with Crippen LogP contribution in [0, 0.1) is 13.8 Å². The van der Waals surface area contributed by atoms with Crippen LogP contribution in [0.5, 0.6) is 0 Å². The second kappa shape index (κ2) is 10.00. The lowest BCUT2D eigenvalue weighted by Gasteiger charge is -2.19. The third-order valence-corrected chi connectivity index (χ3v) is 5.81. The molecule has 8 nitrogen and oxygen atoms in total. The van der Waals surface area contributed by atoms with Gasteiger partial charge in [0.05, 0.1) is 24.1 Å². The van der Waals surface area contributed by atoms with Crippen LogP contribution in [0.4, 0.5) is 5.69 Å². The highest BCUT2D eigenvalue weighted by Gasteiger charge is 2.16. The Labute approximate surface area is 171 Å². The van der Waals surface area contributed by atoms with Gasteiger partial charge in [-0.3, -0.25) is 9.78 Å². The second-order valence-corrected chi connectivity index (χ2v) is 9.05. The highest BCUT2D eigenvalue weighted by atomic mass is 32.2. The van der Waals surface area contributed by atoms with Gasteiger partial charge in [-0.15, -0.1) is 0 Å². The quantitative estimate of drug-likeness (QED) is 0.625. The summed E-state index contributed by atoms with van der Waals surface area (Å²) in [5, 5.41) is 3.23. The number of methoxy groups -OCH3 is 2. The third kappa shape index (κ3) is 5.88. The lowest BCUT2D eigenvalue weighted by atomic mass is 10.1. The molecule has 0 spiro atoms. The Morgan fingerprint density at radius 3 is 2.38 bits per heavy atom. The van der Waals surface area contributed by atoms with Crippen LogP contribution in [-0.2, 0) is 25.9 Å². The first-order valence-electron chi connectivity index (χ1n) is 9.28. The van der Waals surface area contributed by atoms with Gasteiger partial charge >= 0.3 is 0 Å². The Balaban J connectivity index is 2.27. The molecule has 0 radical (unpaired) electrons. The van der Waals surface area contributed by atoms with Crippen LogP contribution < -0.4 is 10.9 Å². The number of nitrogens with one attached hydrogen (secondary N) is 1. The molecule has 0 amide bonds. The average molecular weight is 424 g/mol. The van der Waals surface area contributed by atoms with Crippen LogP contribution in [0.25, 0.3) is 0 Å². The number of ether oxygens (including phenoxy) is 2. The van der Waals surface area contributed by atoms with E-state index >= 15 is 0 Å². The minimum absolute atomic E-state index is 0.147. The second-order valence-electron chi connectivity index (χ2n) is 7.03. The minimum atomic E-state index is -3.28. The first kappa shape index (κ1) is 23.1. The standard InChI is InChI=1S/C20H29N3O5S/c1-14-10-17(29(5,25)26)11-15(2)19(14)22-12-18-20(24)23(8-7-21-18)16(13-28-4)6-9-27-3/h7-8,10-11,16,22H,6,9,12-13H2,1-5H3. The summed E-state index contributed by atoms with van der Waals surface area (Å²) in [7, 11) is -0.0656. The molecule has 0 saturated carbocycles. The van der Waals surface area contributed by atoms with Gasteiger partial charge in [-0.2, -0.15) is 0 Å². The number of anilines is 1. The van der Waals surface area contributed by atoms with Gasteiger partial charge in [0.1, 0.15) is 5.69 Å². The molecule has 1 heterocycles. The molecule has 1 N–H and O–H groups in total. The van der Waals surface area contributed by atoms with Crippen molar-refractivity contribution in [3.63, 3.8) is 0 Å². The Morgan fingerprint density at radius 2 is 1.83 bits per heavy atom. The first-order chi connectivity index (χ1) is 13.7. The normalized spacial score (nSPS) is 12.7. The zero-order valence-corrected chi connectivity index (χ0v) is 18.4. The van der Waals surface area contributed by atoms with E-state index in [1.165, 1.54) is 6.26 Å². The van der Waals surface area contributed by atoms with Crippen LogP contribution in [0.3, 0.4) is 0 Å². The van der Waals surface area contributed by atoms with E-state index < -0.39 is 9.84 Å². The first-order valence-corrected chi connectivity index (χ1v) is 11.2. The van der Waals surface area contributed by atoms with E-state index in [-0.39, 0.29) is 23.0 Å². The molecule has 1 atom stereocenters. The Bertz CT molecular complexity index is 978. The summed E-state index contributed by atoms with van der Waals surface area (Å²) in [6.07, 6.45) is 5.08. The molecular formula is C20H29N3O5S. The summed E-state index contributed by atoms with van der Waals surface area (Å²) in [4.78, 5) is 17.4. The van der Waals surface area contributed by atoms with Crippen LogP contribution in [-0.4, -0.2) is 51.7 Å². The topological polar surface area (TPSA) is 99.5 Å². The molecule has 1 aromatic carbocycles. The molecule has 2 rings (SSSR count). The minimum Gasteiger partial charge on any atom is -0.385 e. The highest BCUT2D eigenvalue weighted by Crippen LogP contribution is 2.25. The van der Waals surface area contributed by atoms with E-state index in [0.29, 0.717) is 25.3 Å². The molecular weight excluding hydrogens is 394 g/mol. The van der Waals surface area contributed by atoms with Gasteiger partial charge in [0, 0.05) is 45.2 Å². The predicted molar refractivity (Wildman–Crippen MR) is 112 cm³/mol. The molecule has 2 aromatic rings. The fourth-order valence-electron chi connectivity index (χ4n) is 3.21. The average Bonchev–Trinajstić information content (AvgIpc) is 2.65.